The van der Waals surface area contributed by atoms with Crippen molar-refractivity contribution in [3.8, 4) is 11.5 Å². The summed E-state index contributed by atoms with van der Waals surface area (Å²) in [5.41, 5.74) is 1.85. The van der Waals surface area contributed by atoms with Crippen LogP contribution in [0.5, 0.6) is 11.5 Å². The fourth-order valence-corrected chi connectivity index (χ4v) is 3.92. The summed E-state index contributed by atoms with van der Waals surface area (Å²) in [6, 6.07) is 28.9. The molecular weight excluding hydrogens is 439 g/mol. The van der Waals surface area contributed by atoms with Crippen LogP contribution in [0.25, 0.3) is 0 Å². The van der Waals surface area contributed by atoms with Gasteiger partial charge < -0.3 is 13.9 Å². The van der Waals surface area contributed by atoms with Crippen molar-refractivity contribution >= 4 is 19.4 Å². The minimum absolute atomic E-state index is 0.00817. The molecule has 0 N–H and O–H groups in total. The van der Waals surface area contributed by atoms with Crippen LogP contribution in [0.2, 0.25) is 0 Å². The van der Waals surface area contributed by atoms with Crippen molar-refractivity contribution in [2.24, 2.45) is 0 Å². The van der Waals surface area contributed by atoms with E-state index in [0.29, 0.717) is 22.3 Å². The van der Waals surface area contributed by atoms with Crippen molar-refractivity contribution in [1.29, 1.82) is 0 Å². The molecule has 4 aromatic rings. The minimum Gasteiger partial charge on any atom is -0.736 e. The molecule has 4 rings (SSSR count). The average molecular weight is 457 g/mol. The summed E-state index contributed by atoms with van der Waals surface area (Å²) in [6.07, 6.45) is 0. The third-order valence-corrected chi connectivity index (χ3v) is 5.61. The standard InChI is InChI=1S/C26H19O6P/c27-25(19-7-3-1-4-8-19)21-11-15-23(16-12-21)31-33(29,30)32-24-17-13-22(14-18-24)26(28)20-9-5-2-6-10-20/h1-18H,(H,29,30)/p-1. The highest BCUT2D eigenvalue weighted by Gasteiger charge is 2.16. The zero-order valence-electron chi connectivity index (χ0n) is 17.3. The van der Waals surface area contributed by atoms with Gasteiger partial charge in [0.1, 0.15) is 11.5 Å². The Morgan fingerprint density at radius 1 is 0.515 bits per heavy atom. The van der Waals surface area contributed by atoms with E-state index in [9.17, 15) is 19.0 Å². The van der Waals surface area contributed by atoms with Gasteiger partial charge in [0.2, 0.25) is 0 Å². The Morgan fingerprint density at radius 2 is 0.818 bits per heavy atom. The number of ketones is 2. The van der Waals surface area contributed by atoms with E-state index in [1.807, 2.05) is 12.1 Å². The lowest BCUT2D eigenvalue weighted by atomic mass is 10.0. The van der Waals surface area contributed by atoms with E-state index in [1.165, 1.54) is 48.5 Å². The Labute approximate surface area is 190 Å². The summed E-state index contributed by atoms with van der Waals surface area (Å²) in [6.45, 7) is 0. The molecule has 7 heteroatoms. The Balaban J connectivity index is 1.40. The summed E-state index contributed by atoms with van der Waals surface area (Å²) in [4.78, 5) is 37.2. The molecule has 0 aromatic heterocycles. The lowest BCUT2D eigenvalue weighted by molar-refractivity contribution is -0.208. The van der Waals surface area contributed by atoms with E-state index in [1.54, 1.807) is 48.5 Å². The molecule has 0 atom stereocenters. The molecule has 4 aromatic carbocycles. The smallest absolute Gasteiger partial charge is 0.372 e. The maximum atomic E-state index is 12.4. The van der Waals surface area contributed by atoms with Crippen molar-refractivity contribution in [2.45, 2.75) is 0 Å². The van der Waals surface area contributed by atoms with Gasteiger partial charge in [0.25, 0.3) is 0 Å². The molecule has 0 aliphatic rings. The fourth-order valence-electron chi connectivity index (χ4n) is 3.12. The summed E-state index contributed by atoms with van der Waals surface area (Å²) >= 11 is 0. The molecule has 0 radical (unpaired) electrons. The Bertz CT molecular complexity index is 1200. The van der Waals surface area contributed by atoms with Crippen LogP contribution >= 0.6 is 7.82 Å². The van der Waals surface area contributed by atoms with Gasteiger partial charge >= 0.3 is 7.82 Å². The zero-order chi connectivity index (χ0) is 23.3. The molecule has 164 valence electrons. The predicted molar refractivity (Wildman–Crippen MR) is 121 cm³/mol. The molecule has 0 aliphatic carbocycles. The monoisotopic (exact) mass is 457 g/mol. The van der Waals surface area contributed by atoms with Gasteiger partial charge in [0.05, 0.1) is 0 Å². The van der Waals surface area contributed by atoms with Crippen molar-refractivity contribution in [3.63, 3.8) is 0 Å². The van der Waals surface area contributed by atoms with Crippen molar-refractivity contribution in [1.82, 2.24) is 0 Å². The first kappa shape index (κ1) is 22.2. The zero-order valence-corrected chi connectivity index (χ0v) is 18.2. The minimum atomic E-state index is -4.75. The van der Waals surface area contributed by atoms with E-state index in [2.05, 4.69) is 0 Å². The fraction of sp³-hybridized carbons (Fsp3) is 0. The van der Waals surface area contributed by atoms with Crippen LogP contribution in [0.3, 0.4) is 0 Å². The third-order valence-electron chi connectivity index (χ3n) is 4.74. The number of phosphoric acid groups is 1. The molecule has 0 fully saturated rings. The van der Waals surface area contributed by atoms with Crippen LogP contribution in [0, 0.1) is 0 Å². The molecule has 33 heavy (non-hydrogen) atoms. The Kier molecular flexibility index (Phi) is 6.50. The van der Waals surface area contributed by atoms with Gasteiger partial charge in [-0.05, 0) is 48.5 Å². The molecule has 0 aliphatic heterocycles. The summed E-state index contributed by atoms with van der Waals surface area (Å²) < 4.78 is 22.3. The van der Waals surface area contributed by atoms with Gasteiger partial charge in [-0.15, -0.1) is 0 Å². The lowest BCUT2D eigenvalue weighted by Gasteiger charge is -2.23. The molecule has 6 nitrogen and oxygen atoms in total. The SMILES string of the molecule is O=C(c1ccccc1)c1ccc(OP(=O)([O-])Oc2ccc(C(=O)c3ccccc3)cc2)cc1. The number of phosphoric ester groups is 1. The van der Waals surface area contributed by atoms with Crippen LogP contribution in [0.1, 0.15) is 31.8 Å². The van der Waals surface area contributed by atoms with Crippen LogP contribution in [0.4, 0.5) is 0 Å². The highest BCUT2D eigenvalue weighted by molar-refractivity contribution is 7.46. The summed E-state index contributed by atoms with van der Waals surface area (Å²) in [5, 5.41) is 0. The van der Waals surface area contributed by atoms with Gasteiger partial charge in [-0.25, -0.2) is 4.57 Å². The normalized spacial score (nSPS) is 10.9. The van der Waals surface area contributed by atoms with Crippen LogP contribution in [-0.2, 0) is 4.57 Å². The number of carbonyl (C=O) groups is 2. The molecule has 0 heterocycles. The van der Waals surface area contributed by atoms with E-state index >= 15 is 0 Å². The Hall–Kier alpha value is -3.99. The van der Waals surface area contributed by atoms with Crippen LogP contribution < -0.4 is 13.9 Å². The number of hydrogen-bond donors (Lipinski definition) is 0. The Morgan fingerprint density at radius 3 is 1.15 bits per heavy atom. The van der Waals surface area contributed by atoms with E-state index < -0.39 is 7.82 Å². The van der Waals surface area contributed by atoms with E-state index in [-0.39, 0.29) is 23.1 Å². The second kappa shape index (κ2) is 9.65. The molecule has 0 saturated carbocycles. The van der Waals surface area contributed by atoms with Crippen molar-refractivity contribution in [2.75, 3.05) is 0 Å². The highest BCUT2D eigenvalue weighted by atomic mass is 31.2. The van der Waals surface area contributed by atoms with Crippen LogP contribution in [0.15, 0.2) is 109 Å². The highest BCUT2D eigenvalue weighted by Crippen LogP contribution is 2.40. The summed E-state index contributed by atoms with van der Waals surface area (Å²) in [5.74, 6) is -0.356. The topological polar surface area (TPSA) is 92.7 Å². The summed E-state index contributed by atoms with van der Waals surface area (Å²) in [7, 11) is -4.75. The molecule has 0 unspecified atom stereocenters. The first-order chi connectivity index (χ1) is 15.9. The van der Waals surface area contributed by atoms with E-state index in [4.69, 9.17) is 9.05 Å². The number of carbonyl (C=O) groups excluding carboxylic acids is 2. The molecule has 0 spiro atoms. The largest absolute Gasteiger partial charge is 0.736 e. The van der Waals surface area contributed by atoms with Gasteiger partial charge in [-0.2, -0.15) is 0 Å². The number of benzene rings is 4. The molecular formula is C26H18O6P-. The maximum Gasteiger partial charge on any atom is 0.372 e. The van der Waals surface area contributed by atoms with Crippen LogP contribution in [-0.4, -0.2) is 11.6 Å². The average Bonchev–Trinajstić information content (AvgIpc) is 2.85. The second-order valence-electron chi connectivity index (χ2n) is 7.07. The van der Waals surface area contributed by atoms with Gasteiger partial charge in [0, 0.05) is 22.3 Å². The van der Waals surface area contributed by atoms with Crippen molar-refractivity contribution < 1.29 is 28.1 Å². The predicted octanol–water partition coefficient (Wildman–Crippen LogP) is 5.07. The molecule has 0 bridgehead atoms. The van der Waals surface area contributed by atoms with Gasteiger partial charge in [-0.3, -0.25) is 9.59 Å². The number of rotatable bonds is 8. The third kappa shape index (κ3) is 5.63. The lowest BCUT2D eigenvalue weighted by Crippen LogP contribution is -2.13. The van der Waals surface area contributed by atoms with Gasteiger partial charge in [0.15, 0.2) is 11.6 Å². The van der Waals surface area contributed by atoms with Gasteiger partial charge in [-0.1, -0.05) is 60.7 Å². The van der Waals surface area contributed by atoms with E-state index in [0.717, 1.165) is 0 Å². The molecule has 0 amide bonds. The first-order valence-electron chi connectivity index (χ1n) is 10.0. The number of hydrogen-bond acceptors (Lipinski definition) is 6. The van der Waals surface area contributed by atoms with Crippen molar-refractivity contribution in [3.05, 3.63) is 131 Å². The quantitative estimate of drug-likeness (QED) is 0.271. The maximum absolute atomic E-state index is 12.4. The second-order valence-corrected chi connectivity index (χ2v) is 8.33. The molecule has 0 saturated heterocycles. The first-order valence-corrected chi connectivity index (χ1v) is 11.5.